The number of likely N-dealkylation sites (N-methyl/N-ethyl adjacent to an activating group) is 1. The van der Waals surface area contributed by atoms with Crippen LogP contribution in [0.2, 0.25) is 0 Å². The maximum Gasteiger partial charge on any atom is 0.454 e. The third kappa shape index (κ3) is 3.43. The summed E-state index contributed by atoms with van der Waals surface area (Å²) >= 11 is 0. The number of nitrogens with one attached hydrogen (secondary N) is 1. The van der Waals surface area contributed by atoms with E-state index in [9.17, 15) is 27.6 Å². The van der Waals surface area contributed by atoms with Gasteiger partial charge >= 0.3 is 12.3 Å². The number of carbonyl (C=O) groups excluding carboxylic acids is 2. The van der Waals surface area contributed by atoms with Crippen LogP contribution in [0, 0.1) is 0 Å². The highest BCUT2D eigenvalue weighted by molar-refractivity contribution is 6.03. The number of carboxylic acid groups (broad SMARTS) is 1. The molecule has 6 nitrogen and oxygen atoms in total. The van der Waals surface area contributed by atoms with Crippen molar-refractivity contribution < 1.29 is 32.7 Å². The van der Waals surface area contributed by atoms with Crippen LogP contribution in [0.4, 0.5) is 23.7 Å². The fourth-order valence-corrected chi connectivity index (χ4v) is 2.48. The van der Waals surface area contributed by atoms with E-state index in [4.69, 9.17) is 5.11 Å². The number of alkyl halides is 3. The highest BCUT2D eigenvalue weighted by Crippen LogP contribution is 2.29. The van der Waals surface area contributed by atoms with E-state index in [1.165, 1.54) is 18.0 Å². The maximum absolute atomic E-state index is 12.5. The number of fused-ring (bicyclic) bond motifs is 1. The van der Waals surface area contributed by atoms with Crippen molar-refractivity contribution in [3.05, 3.63) is 29.3 Å². The van der Waals surface area contributed by atoms with Gasteiger partial charge in [-0.2, -0.15) is 13.2 Å². The van der Waals surface area contributed by atoms with Gasteiger partial charge in [-0.05, 0) is 36.6 Å². The molecule has 0 bridgehead atoms. The van der Waals surface area contributed by atoms with Crippen molar-refractivity contribution >= 4 is 23.5 Å². The first-order valence-electron chi connectivity index (χ1n) is 6.62. The van der Waals surface area contributed by atoms with Crippen molar-refractivity contribution in [2.24, 2.45) is 0 Å². The molecule has 0 aromatic heterocycles. The molecule has 2 N–H and O–H groups in total. The molecular formula is C14H13F3N2O4. The Morgan fingerprint density at radius 1 is 1.35 bits per heavy atom. The standard InChI is InChI=1S/C14H13F3N2O4/c1-19-10-5-3-8(11(20)14(15,16)17)6-7(10)2-4-9(12(19)21)18-13(22)23/h3,5-6,9,18H,2,4H2,1H3,(H,22,23). The van der Waals surface area contributed by atoms with Crippen molar-refractivity contribution in [1.82, 2.24) is 5.32 Å². The summed E-state index contributed by atoms with van der Waals surface area (Å²) in [5.74, 6) is -2.47. The van der Waals surface area contributed by atoms with E-state index < -0.39 is 35.6 Å². The topological polar surface area (TPSA) is 86.7 Å². The first-order chi connectivity index (χ1) is 10.6. The van der Waals surface area contributed by atoms with Crippen LogP contribution in [-0.2, 0) is 11.2 Å². The van der Waals surface area contributed by atoms with Gasteiger partial charge in [-0.3, -0.25) is 9.59 Å². The van der Waals surface area contributed by atoms with E-state index >= 15 is 0 Å². The van der Waals surface area contributed by atoms with Crippen molar-refractivity contribution in [2.75, 3.05) is 11.9 Å². The SMILES string of the molecule is CN1C(=O)C(NC(=O)O)CCc2cc(C(=O)C(F)(F)F)ccc21. The quantitative estimate of drug-likeness (QED) is 0.812. The number of ketones is 1. The molecule has 23 heavy (non-hydrogen) atoms. The van der Waals surface area contributed by atoms with Gasteiger partial charge in [-0.15, -0.1) is 0 Å². The van der Waals surface area contributed by atoms with Gasteiger partial charge in [0.2, 0.25) is 5.91 Å². The molecule has 0 saturated carbocycles. The summed E-state index contributed by atoms with van der Waals surface area (Å²) < 4.78 is 37.5. The lowest BCUT2D eigenvalue weighted by atomic mass is 10.0. The highest BCUT2D eigenvalue weighted by atomic mass is 19.4. The number of anilines is 1. The van der Waals surface area contributed by atoms with E-state index in [0.717, 1.165) is 12.1 Å². The number of aryl methyl sites for hydroxylation is 1. The molecule has 2 rings (SSSR count). The van der Waals surface area contributed by atoms with Gasteiger partial charge in [0.05, 0.1) is 0 Å². The zero-order valence-corrected chi connectivity index (χ0v) is 12.0. The van der Waals surface area contributed by atoms with Crippen molar-refractivity contribution in [3.63, 3.8) is 0 Å². The molecule has 0 fully saturated rings. The minimum atomic E-state index is -4.98. The molecule has 1 aromatic rings. The number of hydrogen-bond donors (Lipinski definition) is 2. The number of benzene rings is 1. The van der Waals surface area contributed by atoms with Crippen molar-refractivity contribution in [2.45, 2.75) is 25.1 Å². The number of halogens is 3. The molecule has 0 radical (unpaired) electrons. The number of Topliss-reactive ketones (excluding diaryl/α,β-unsaturated/α-hetero) is 1. The number of nitrogens with zero attached hydrogens (tertiary/aromatic N) is 1. The molecule has 1 aliphatic rings. The van der Waals surface area contributed by atoms with Gasteiger partial charge in [-0.25, -0.2) is 4.79 Å². The van der Waals surface area contributed by atoms with E-state index in [1.807, 2.05) is 0 Å². The van der Waals surface area contributed by atoms with E-state index in [-0.39, 0.29) is 12.8 Å². The van der Waals surface area contributed by atoms with Crippen molar-refractivity contribution in [1.29, 1.82) is 0 Å². The van der Waals surface area contributed by atoms with E-state index in [2.05, 4.69) is 5.32 Å². The molecule has 1 heterocycles. The van der Waals surface area contributed by atoms with Crippen LogP contribution in [0.15, 0.2) is 18.2 Å². The van der Waals surface area contributed by atoms with Gasteiger partial charge in [0.25, 0.3) is 5.78 Å². The predicted octanol–water partition coefficient (Wildman–Crippen LogP) is 1.98. The average molecular weight is 330 g/mol. The summed E-state index contributed by atoms with van der Waals surface area (Å²) in [5, 5.41) is 10.8. The second-order valence-corrected chi connectivity index (χ2v) is 5.11. The number of carbonyl (C=O) groups is 3. The summed E-state index contributed by atoms with van der Waals surface area (Å²) in [5.41, 5.74) is 0.218. The van der Waals surface area contributed by atoms with Gasteiger partial charge in [0.15, 0.2) is 0 Å². The monoisotopic (exact) mass is 330 g/mol. The molecule has 0 aliphatic carbocycles. The molecule has 1 unspecified atom stereocenters. The summed E-state index contributed by atoms with van der Waals surface area (Å²) in [6, 6.07) is 2.36. The molecule has 0 spiro atoms. The Bertz CT molecular complexity index is 672. The van der Waals surface area contributed by atoms with Crippen LogP contribution in [-0.4, -0.2) is 42.2 Å². The normalized spacial score (nSPS) is 18.2. The summed E-state index contributed by atoms with van der Waals surface area (Å²) in [4.78, 5) is 35.4. The Kier molecular flexibility index (Phi) is 4.31. The Morgan fingerprint density at radius 2 is 2.00 bits per heavy atom. The van der Waals surface area contributed by atoms with Crippen LogP contribution in [0.25, 0.3) is 0 Å². The fourth-order valence-electron chi connectivity index (χ4n) is 2.48. The Hall–Kier alpha value is -2.58. The zero-order chi connectivity index (χ0) is 17.4. The second kappa shape index (κ2) is 5.90. The van der Waals surface area contributed by atoms with E-state index in [0.29, 0.717) is 11.3 Å². The molecule has 2 amide bonds. The maximum atomic E-state index is 12.5. The number of amides is 2. The molecule has 1 aromatic carbocycles. The summed E-state index contributed by atoms with van der Waals surface area (Å²) in [6.45, 7) is 0. The molecular weight excluding hydrogens is 317 g/mol. The van der Waals surface area contributed by atoms with Gasteiger partial charge in [0.1, 0.15) is 6.04 Å². The van der Waals surface area contributed by atoms with Crippen LogP contribution >= 0.6 is 0 Å². The van der Waals surface area contributed by atoms with Crippen LogP contribution in [0.3, 0.4) is 0 Å². The summed E-state index contributed by atoms with van der Waals surface area (Å²) in [7, 11) is 1.40. The van der Waals surface area contributed by atoms with Gasteiger partial charge in [0, 0.05) is 18.3 Å². The Morgan fingerprint density at radius 3 is 2.57 bits per heavy atom. The summed E-state index contributed by atoms with van der Waals surface area (Å²) in [6.07, 6.45) is -6.09. The largest absolute Gasteiger partial charge is 0.465 e. The molecule has 1 aliphatic heterocycles. The lowest BCUT2D eigenvalue weighted by Crippen LogP contribution is -2.46. The molecule has 0 saturated heterocycles. The third-order valence-corrected chi connectivity index (χ3v) is 3.59. The molecule has 9 heteroatoms. The van der Waals surface area contributed by atoms with Gasteiger partial charge in [-0.1, -0.05) is 0 Å². The van der Waals surface area contributed by atoms with E-state index in [1.54, 1.807) is 0 Å². The molecule has 1 atom stereocenters. The predicted molar refractivity (Wildman–Crippen MR) is 73.5 cm³/mol. The van der Waals surface area contributed by atoms with Crippen LogP contribution < -0.4 is 10.2 Å². The minimum Gasteiger partial charge on any atom is -0.465 e. The lowest BCUT2D eigenvalue weighted by Gasteiger charge is -2.21. The van der Waals surface area contributed by atoms with Crippen molar-refractivity contribution in [3.8, 4) is 0 Å². The highest BCUT2D eigenvalue weighted by Gasteiger charge is 2.40. The Balaban J connectivity index is 2.36. The first-order valence-corrected chi connectivity index (χ1v) is 6.62. The lowest BCUT2D eigenvalue weighted by molar-refractivity contribution is -0.120. The van der Waals surface area contributed by atoms with Crippen LogP contribution in [0.5, 0.6) is 0 Å². The smallest absolute Gasteiger partial charge is 0.454 e. The van der Waals surface area contributed by atoms with Gasteiger partial charge < -0.3 is 15.3 Å². The fraction of sp³-hybridized carbons (Fsp3) is 0.357. The molecule has 124 valence electrons. The number of rotatable bonds is 2. The first kappa shape index (κ1) is 16.8. The zero-order valence-electron chi connectivity index (χ0n) is 12.0. The van der Waals surface area contributed by atoms with Crippen LogP contribution in [0.1, 0.15) is 22.3 Å². The third-order valence-electron chi connectivity index (χ3n) is 3.59. The second-order valence-electron chi connectivity index (χ2n) is 5.11. The Labute approximate surface area is 128 Å². The average Bonchev–Trinajstić information content (AvgIpc) is 2.57. The number of hydrogen-bond acceptors (Lipinski definition) is 3. The minimum absolute atomic E-state index is 0.0894.